The first-order valence-electron chi connectivity index (χ1n) is 10.2. The van der Waals surface area contributed by atoms with Crippen LogP contribution >= 0.6 is 0 Å². The van der Waals surface area contributed by atoms with Gasteiger partial charge in [-0.05, 0) is 51.5 Å². The molecular weight excluding hydrogens is 390 g/mol. The van der Waals surface area contributed by atoms with E-state index in [-0.39, 0.29) is 5.91 Å². The molecule has 6 nitrogen and oxygen atoms in total. The highest BCUT2D eigenvalue weighted by atomic mass is 16.6. The largest absolute Gasteiger partial charge is 0.443 e. The maximum atomic E-state index is 13.0. The molecule has 0 aliphatic rings. The van der Waals surface area contributed by atoms with Crippen molar-refractivity contribution in [3.63, 3.8) is 0 Å². The quantitative estimate of drug-likeness (QED) is 0.573. The molecule has 2 amide bonds. The van der Waals surface area contributed by atoms with E-state index in [4.69, 9.17) is 4.74 Å². The molecule has 0 fully saturated rings. The van der Waals surface area contributed by atoms with Crippen LogP contribution in [-0.2, 0) is 4.74 Å². The van der Waals surface area contributed by atoms with Gasteiger partial charge in [-0.15, -0.1) is 0 Å². The third-order valence-electron chi connectivity index (χ3n) is 4.48. The van der Waals surface area contributed by atoms with Crippen LogP contribution in [0.5, 0.6) is 0 Å². The van der Waals surface area contributed by atoms with Crippen LogP contribution in [0.25, 0.3) is 11.1 Å². The minimum Gasteiger partial charge on any atom is -0.443 e. The zero-order valence-corrected chi connectivity index (χ0v) is 18.3. The summed E-state index contributed by atoms with van der Waals surface area (Å²) in [5.74, 6) is -0.307. The summed E-state index contributed by atoms with van der Waals surface area (Å²) in [6.07, 6.45) is 2.78. The van der Waals surface area contributed by atoms with Crippen LogP contribution in [0.1, 0.15) is 38.1 Å². The molecule has 0 aliphatic carbocycles. The molecule has 1 heterocycles. The van der Waals surface area contributed by atoms with Gasteiger partial charge in [0.2, 0.25) is 0 Å². The van der Waals surface area contributed by atoms with Gasteiger partial charge in [-0.25, -0.2) is 4.79 Å². The van der Waals surface area contributed by atoms with Crippen molar-refractivity contribution in [2.75, 3.05) is 16.8 Å². The number of nitrogens with zero attached hydrogens (tertiary/aromatic N) is 2. The Bertz CT molecular complexity index is 1060. The Kier molecular flexibility index (Phi) is 6.70. The lowest BCUT2D eigenvalue weighted by atomic mass is 10.1. The van der Waals surface area contributed by atoms with E-state index in [9.17, 15) is 9.59 Å². The highest BCUT2D eigenvalue weighted by Crippen LogP contribution is 2.28. The molecule has 0 bridgehead atoms. The van der Waals surface area contributed by atoms with Crippen molar-refractivity contribution in [2.45, 2.75) is 33.3 Å². The molecule has 31 heavy (non-hydrogen) atoms. The number of amides is 2. The maximum Gasteiger partial charge on any atom is 0.414 e. The number of ether oxygens (including phenoxy) is 1. The van der Waals surface area contributed by atoms with Gasteiger partial charge in [0.1, 0.15) is 5.60 Å². The van der Waals surface area contributed by atoms with E-state index in [1.54, 1.807) is 30.5 Å². The number of para-hydroxylation sites is 2. The number of benzene rings is 2. The summed E-state index contributed by atoms with van der Waals surface area (Å²) < 4.78 is 5.52. The number of nitrogens with one attached hydrogen (secondary N) is 1. The van der Waals surface area contributed by atoms with Gasteiger partial charge >= 0.3 is 6.09 Å². The minimum atomic E-state index is -0.619. The van der Waals surface area contributed by atoms with Crippen LogP contribution in [0, 0.1) is 0 Å². The number of rotatable bonds is 5. The third-order valence-corrected chi connectivity index (χ3v) is 4.48. The third kappa shape index (κ3) is 5.69. The van der Waals surface area contributed by atoms with Crippen molar-refractivity contribution >= 4 is 23.4 Å². The average molecular weight is 418 g/mol. The van der Waals surface area contributed by atoms with Crippen molar-refractivity contribution in [3.8, 4) is 11.1 Å². The monoisotopic (exact) mass is 417 g/mol. The zero-order valence-electron chi connectivity index (χ0n) is 18.3. The summed E-state index contributed by atoms with van der Waals surface area (Å²) in [5, 5.41) is 2.91. The lowest BCUT2D eigenvalue weighted by molar-refractivity contribution is 0.0582. The second kappa shape index (κ2) is 9.43. The van der Waals surface area contributed by atoms with Crippen LogP contribution in [0.3, 0.4) is 0 Å². The molecule has 0 unspecified atom stereocenters. The molecule has 1 aromatic heterocycles. The number of hydrogen-bond donors (Lipinski definition) is 1. The molecule has 0 radical (unpaired) electrons. The van der Waals surface area contributed by atoms with Crippen molar-refractivity contribution in [1.82, 2.24) is 4.98 Å². The van der Waals surface area contributed by atoms with E-state index in [0.29, 0.717) is 23.5 Å². The zero-order chi connectivity index (χ0) is 22.4. The van der Waals surface area contributed by atoms with Gasteiger partial charge in [-0.3, -0.25) is 14.7 Å². The van der Waals surface area contributed by atoms with Crippen molar-refractivity contribution < 1.29 is 14.3 Å². The predicted octanol–water partition coefficient (Wildman–Crippen LogP) is 5.76. The van der Waals surface area contributed by atoms with Crippen LogP contribution in [-0.4, -0.2) is 29.1 Å². The van der Waals surface area contributed by atoms with Crippen LogP contribution in [0.2, 0.25) is 0 Å². The number of aromatic nitrogens is 1. The van der Waals surface area contributed by atoms with E-state index in [2.05, 4.69) is 10.3 Å². The Labute approximate surface area is 182 Å². The fourth-order valence-corrected chi connectivity index (χ4v) is 3.08. The molecule has 1 N–H and O–H groups in total. The number of anilines is 2. The van der Waals surface area contributed by atoms with Gasteiger partial charge in [0.15, 0.2) is 0 Å². The number of hydrogen-bond acceptors (Lipinski definition) is 4. The van der Waals surface area contributed by atoms with Crippen molar-refractivity contribution in [2.24, 2.45) is 0 Å². The van der Waals surface area contributed by atoms with Gasteiger partial charge in [0.05, 0.1) is 16.9 Å². The van der Waals surface area contributed by atoms with Gasteiger partial charge < -0.3 is 10.1 Å². The van der Waals surface area contributed by atoms with Crippen molar-refractivity contribution in [3.05, 3.63) is 78.6 Å². The Morgan fingerprint density at radius 3 is 2.32 bits per heavy atom. The molecular formula is C25H27N3O3. The molecule has 3 aromatic rings. The second-order valence-electron chi connectivity index (χ2n) is 8.02. The van der Waals surface area contributed by atoms with Gasteiger partial charge in [0.25, 0.3) is 5.91 Å². The van der Waals surface area contributed by atoms with Crippen LogP contribution in [0.4, 0.5) is 16.2 Å². The summed E-state index contributed by atoms with van der Waals surface area (Å²) in [6.45, 7) is 7.71. The number of carbonyl (C=O) groups is 2. The lowest BCUT2D eigenvalue weighted by Gasteiger charge is -2.28. The van der Waals surface area contributed by atoms with Gasteiger partial charge in [-0.1, -0.05) is 42.5 Å². The molecule has 3 rings (SSSR count). The van der Waals surface area contributed by atoms with E-state index in [1.807, 2.05) is 64.1 Å². The first-order valence-corrected chi connectivity index (χ1v) is 10.2. The summed E-state index contributed by atoms with van der Waals surface area (Å²) in [7, 11) is 0. The Morgan fingerprint density at radius 2 is 1.65 bits per heavy atom. The highest BCUT2D eigenvalue weighted by molar-refractivity contribution is 6.07. The standard InChI is InChI=1S/C25H27N3O3/c1-5-28(24(30)31-25(2,3)4)22-14-10-9-13-21(22)27-23(29)20-15-19(16-26-17-20)18-11-7-6-8-12-18/h6-17H,5H2,1-4H3,(H,27,29). The fraction of sp³-hybridized carbons (Fsp3) is 0.240. The topological polar surface area (TPSA) is 71.5 Å². The molecule has 0 atom stereocenters. The highest BCUT2D eigenvalue weighted by Gasteiger charge is 2.24. The van der Waals surface area contributed by atoms with Gasteiger partial charge in [-0.2, -0.15) is 0 Å². The lowest BCUT2D eigenvalue weighted by Crippen LogP contribution is -2.37. The Balaban J connectivity index is 1.85. The Hall–Kier alpha value is -3.67. The smallest absolute Gasteiger partial charge is 0.414 e. The maximum absolute atomic E-state index is 13.0. The molecule has 6 heteroatoms. The van der Waals surface area contributed by atoms with Crippen LogP contribution in [0.15, 0.2) is 73.1 Å². The summed E-state index contributed by atoms with van der Waals surface area (Å²) in [4.78, 5) is 31.4. The molecule has 0 saturated carbocycles. The number of carbonyl (C=O) groups excluding carboxylic acids is 2. The van der Waals surface area contributed by atoms with E-state index in [1.165, 1.54) is 11.1 Å². The van der Waals surface area contributed by atoms with Gasteiger partial charge in [0, 0.05) is 24.5 Å². The summed E-state index contributed by atoms with van der Waals surface area (Å²) in [6, 6.07) is 18.7. The molecule has 2 aromatic carbocycles. The predicted molar refractivity (Wildman–Crippen MR) is 123 cm³/mol. The first-order chi connectivity index (χ1) is 14.8. The molecule has 0 aliphatic heterocycles. The normalized spacial score (nSPS) is 11.0. The minimum absolute atomic E-state index is 0.307. The Morgan fingerprint density at radius 1 is 0.968 bits per heavy atom. The van der Waals surface area contributed by atoms with E-state index in [0.717, 1.165) is 11.1 Å². The SMILES string of the molecule is CCN(C(=O)OC(C)(C)C)c1ccccc1NC(=O)c1cncc(-c2ccccc2)c1. The number of pyridine rings is 1. The fourth-order valence-electron chi connectivity index (χ4n) is 3.08. The average Bonchev–Trinajstić information content (AvgIpc) is 2.75. The molecule has 0 spiro atoms. The summed E-state index contributed by atoms with van der Waals surface area (Å²) >= 11 is 0. The summed E-state index contributed by atoms with van der Waals surface area (Å²) in [5.41, 5.74) is 2.73. The van der Waals surface area contributed by atoms with E-state index < -0.39 is 11.7 Å². The van der Waals surface area contributed by atoms with Crippen LogP contribution < -0.4 is 10.2 Å². The van der Waals surface area contributed by atoms with E-state index >= 15 is 0 Å². The first kappa shape index (κ1) is 22.0. The molecule has 0 saturated heterocycles. The second-order valence-corrected chi connectivity index (χ2v) is 8.02. The van der Waals surface area contributed by atoms with Crippen molar-refractivity contribution in [1.29, 1.82) is 0 Å². The molecule has 160 valence electrons.